The molecule has 0 aliphatic heterocycles. The van der Waals surface area contributed by atoms with Crippen molar-refractivity contribution in [2.75, 3.05) is 12.4 Å². The molecule has 2 heterocycles. The van der Waals surface area contributed by atoms with Gasteiger partial charge in [0.15, 0.2) is 5.82 Å². The highest BCUT2D eigenvalue weighted by Gasteiger charge is 2.15. The van der Waals surface area contributed by atoms with Crippen LogP contribution in [-0.4, -0.2) is 23.2 Å². The number of benzene rings is 1. The number of anilines is 1. The molecule has 1 aromatic carbocycles. The SMILES string of the molecule is COc1ccc(CC(=O)Nc2ccsc2-c2nc(C)no2)cc1. The number of hydrogen-bond donors (Lipinski definition) is 1. The van der Waals surface area contributed by atoms with Crippen LogP contribution < -0.4 is 10.1 Å². The van der Waals surface area contributed by atoms with Crippen LogP contribution in [0.2, 0.25) is 0 Å². The molecule has 0 atom stereocenters. The molecule has 7 heteroatoms. The van der Waals surface area contributed by atoms with Crippen molar-refractivity contribution in [2.24, 2.45) is 0 Å². The van der Waals surface area contributed by atoms with Gasteiger partial charge in [0.1, 0.15) is 10.6 Å². The van der Waals surface area contributed by atoms with Gasteiger partial charge >= 0.3 is 0 Å². The van der Waals surface area contributed by atoms with E-state index in [4.69, 9.17) is 9.26 Å². The molecule has 118 valence electrons. The van der Waals surface area contributed by atoms with Crippen LogP contribution >= 0.6 is 11.3 Å². The van der Waals surface area contributed by atoms with Gasteiger partial charge in [-0.15, -0.1) is 11.3 Å². The summed E-state index contributed by atoms with van der Waals surface area (Å²) < 4.78 is 10.3. The van der Waals surface area contributed by atoms with Crippen LogP contribution in [-0.2, 0) is 11.2 Å². The largest absolute Gasteiger partial charge is 0.497 e. The van der Waals surface area contributed by atoms with Crippen molar-refractivity contribution in [3.05, 3.63) is 47.1 Å². The molecule has 1 N–H and O–H groups in total. The summed E-state index contributed by atoms with van der Waals surface area (Å²) in [6, 6.07) is 9.23. The predicted molar refractivity (Wildman–Crippen MR) is 87.7 cm³/mol. The number of nitrogens with one attached hydrogen (secondary N) is 1. The smallest absolute Gasteiger partial charge is 0.270 e. The van der Waals surface area contributed by atoms with E-state index in [1.54, 1.807) is 14.0 Å². The minimum atomic E-state index is -0.106. The van der Waals surface area contributed by atoms with Crippen molar-refractivity contribution in [3.8, 4) is 16.5 Å². The Labute approximate surface area is 137 Å². The number of thiophene rings is 1. The summed E-state index contributed by atoms with van der Waals surface area (Å²) in [6.07, 6.45) is 0.280. The molecule has 0 aliphatic carbocycles. The van der Waals surface area contributed by atoms with Crippen molar-refractivity contribution in [1.82, 2.24) is 10.1 Å². The fraction of sp³-hybridized carbons (Fsp3) is 0.188. The van der Waals surface area contributed by atoms with E-state index < -0.39 is 0 Å². The summed E-state index contributed by atoms with van der Waals surface area (Å²) >= 11 is 1.44. The van der Waals surface area contributed by atoms with E-state index in [9.17, 15) is 4.79 Å². The fourth-order valence-electron chi connectivity index (χ4n) is 2.09. The Hall–Kier alpha value is -2.67. The van der Waals surface area contributed by atoms with Gasteiger partial charge in [-0.25, -0.2) is 0 Å². The second-order valence-electron chi connectivity index (χ2n) is 4.88. The van der Waals surface area contributed by atoms with Crippen molar-refractivity contribution in [2.45, 2.75) is 13.3 Å². The molecule has 0 saturated heterocycles. The van der Waals surface area contributed by atoms with Crippen LogP contribution in [0, 0.1) is 6.92 Å². The highest BCUT2D eigenvalue weighted by Crippen LogP contribution is 2.32. The maximum atomic E-state index is 12.2. The summed E-state index contributed by atoms with van der Waals surface area (Å²) in [5.74, 6) is 1.63. The van der Waals surface area contributed by atoms with Gasteiger partial charge in [-0.1, -0.05) is 17.3 Å². The van der Waals surface area contributed by atoms with Crippen molar-refractivity contribution in [1.29, 1.82) is 0 Å². The van der Waals surface area contributed by atoms with E-state index in [1.165, 1.54) is 11.3 Å². The number of methoxy groups -OCH3 is 1. The highest BCUT2D eigenvalue weighted by atomic mass is 32.1. The third-order valence-electron chi connectivity index (χ3n) is 3.18. The lowest BCUT2D eigenvalue weighted by Gasteiger charge is -2.06. The monoisotopic (exact) mass is 329 g/mol. The van der Waals surface area contributed by atoms with Crippen LogP contribution in [0.1, 0.15) is 11.4 Å². The summed E-state index contributed by atoms with van der Waals surface area (Å²) in [5.41, 5.74) is 1.59. The molecule has 23 heavy (non-hydrogen) atoms. The lowest BCUT2D eigenvalue weighted by Crippen LogP contribution is -2.14. The Kier molecular flexibility index (Phi) is 4.38. The van der Waals surface area contributed by atoms with E-state index in [2.05, 4.69) is 15.5 Å². The Bertz CT molecular complexity index is 808. The number of hydrogen-bond acceptors (Lipinski definition) is 6. The van der Waals surface area contributed by atoms with Gasteiger partial charge in [0.05, 0.1) is 19.2 Å². The second kappa shape index (κ2) is 6.62. The number of carbonyl (C=O) groups excluding carboxylic acids is 1. The lowest BCUT2D eigenvalue weighted by molar-refractivity contribution is -0.115. The minimum Gasteiger partial charge on any atom is -0.497 e. The molecule has 6 nitrogen and oxygen atoms in total. The van der Waals surface area contributed by atoms with Crippen molar-refractivity contribution < 1.29 is 14.1 Å². The number of carbonyl (C=O) groups is 1. The second-order valence-corrected chi connectivity index (χ2v) is 5.80. The van der Waals surface area contributed by atoms with Gasteiger partial charge in [-0.05, 0) is 36.1 Å². The Morgan fingerprint density at radius 1 is 1.30 bits per heavy atom. The first kappa shape index (κ1) is 15.2. The molecule has 2 aromatic heterocycles. The fourth-order valence-corrected chi connectivity index (χ4v) is 2.86. The molecular weight excluding hydrogens is 314 g/mol. The number of nitrogens with zero attached hydrogens (tertiary/aromatic N) is 2. The summed E-state index contributed by atoms with van der Waals surface area (Å²) in [7, 11) is 1.61. The molecule has 0 unspecified atom stereocenters. The molecule has 1 amide bonds. The van der Waals surface area contributed by atoms with E-state index >= 15 is 0 Å². The third-order valence-corrected chi connectivity index (χ3v) is 4.09. The number of ether oxygens (including phenoxy) is 1. The Morgan fingerprint density at radius 2 is 2.09 bits per heavy atom. The van der Waals surface area contributed by atoms with E-state index in [0.29, 0.717) is 17.4 Å². The van der Waals surface area contributed by atoms with Gasteiger partial charge in [0, 0.05) is 0 Å². The van der Waals surface area contributed by atoms with Gasteiger partial charge < -0.3 is 14.6 Å². The molecule has 0 radical (unpaired) electrons. The van der Waals surface area contributed by atoms with Crippen LogP contribution in [0.5, 0.6) is 5.75 Å². The molecule has 3 aromatic rings. The van der Waals surface area contributed by atoms with E-state index in [0.717, 1.165) is 16.2 Å². The van der Waals surface area contributed by atoms with Crippen LogP contribution in [0.15, 0.2) is 40.2 Å². The lowest BCUT2D eigenvalue weighted by atomic mass is 10.1. The molecule has 0 aliphatic rings. The topological polar surface area (TPSA) is 77.2 Å². The average Bonchev–Trinajstić information content (AvgIpc) is 3.16. The molecule has 0 spiro atoms. The number of aryl methyl sites for hydroxylation is 1. The minimum absolute atomic E-state index is 0.106. The first-order valence-corrected chi connectivity index (χ1v) is 7.84. The molecular formula is C16H15N3O3S. The third kappa shape index (κ3) is 3.57. The normalized spacial score (nSPS) is 10.5. The van der Waals surface area contributed by atoms with Gasteiger partial charge in [-0.3, -0.25) is 4.79 Å². The zero-order chi connectivity index (χ0) is 16.2. The highest BCUT2D eigenvalue weighted by molar-refractivity contribution is 7.14. The van der Waals surface area contributed by atoms with Gasteiger partial charge in [0.25, 0.3) is 5.89 Å². The molecule has 0 saturated carbocycles. The molecule has 3 rings (SSSR count). The summed E-state index contributed by atoms with van der Waals surface area (Å²) in [6.45, 7) is 1.75. The quantitative estimate of drug-likeness (QED) is 0.777. The van der Waals surface area contributed by atoms with Crippen LogP contribution in [0.4, 0.5) is 5.69 Å². The van der Waals surface area contributed by atoms with Crippen LogP contribution in [0.25, 0.3) is 10.8 Å². The predicted octanol–water partition coefficient (Wildman–Crippen LogP) is 3.30. The van der Waals surface area contributed by atoms with Gasteiger partial charge in [0.2, 0.25) is 5.91 Å². The number of rotatable bonds is 5. The maximum absolute atomic E-state index is 12.2. The average molecular weight is 329 g/mol. The van der Waals surface area contributed by atoms with E-state index in [-0.39, 0.29) is 12.3 Å². The first-order chi connectivity index (χ1) is 11.2. The Balaban J connectivity index is 1.69. The maximum Gasteiger partial charge on any atom is 0.270 e. The summed E-state index contributed by atoms with van der Waals surface area (Å²) in [4.78, 5) is 17.2. The summed E-state index contributed by atoms with van der Waals surface area (Å²) in [5, 5.41) is 8.53. The first-order valence-electron chi connectivity index (χ1n) is 6.96. The molecule has 0 bridgehead atoms. The van der Waals surface area contributed by atoms with E-state index in [1.807, 2.05) is 35.7 Å². The molecule has 0 fully saturated rings. The Morgan fingerprint density at radius 3 is 2.74 bits per heavy atom. The zero-order valence-corrected chi connectivity index (χ0v) is 13.5. The number of aromatic nitrogens is 2. The van der Waals surface area contributed by atoms with Crippen molar-refractivity contribution in [3.63, 3.8) is 0 Å². The van der Waals surface area contributed by atoms with Gasteiger partial charge in [-0.2, -0.15) is 4.98 Å². The van der Waals surface area contributed by atoms with Crippen molar-refractivity contribution >= 4 is 22.9 Å². The standard InChI is InChI=1S/C16H15N3O3S/c1-10-17-16(22-19-10)15-13(7-8-23-15)18-14(20)9-11-3-5-12(21-2)6-4-11/h3-8H,9H2,1-2H3,(H,18,20). The zero-order valence-electron chi connectivity index (χ0n) is 12.7. The number of amides is 1. The van der Waals surface area contributed by atoms with Crippen LogP contribution in [0.3, 0.4) is 0 Å².